The largest absolute Gasteiger partial charge is 0.508 e. The van der Waals surface area contributed by atoms with Crippen LogP contribution in [0.2, 0.25) is 0 Å². The third-order valence-electron chi connectivity index (χ3n) is 4.32. The van der Waals surface area contributed by atoms with Gasteiger partial charge in [-0.1, -0.05) is 63.6 Å². The number of phenolic OH excluding ortho intramolecular Hbond substituents is 1. The fourth-order valence-electron chi connectivity index (χ4n) is 2.90. The van der Waals surface area contributed by atoms with Crippen LogP contribution < -0.4 is 5.43 Å². The molecule has 1 unspecified atom stereocenters. The lowest BCUT2D eigenvalue weighted by atomic mass is 10.1. The van der Waals surface area contributed by atoms with Crippen LogP contribution in [0.3, 0.4) is 0 Å². The molecule has 1 heterocycles. The molecule has 138 valence electrons. The predicted octanol–water partition coefficient (Wildman–Crippen LogP) is 4.14. The summed E-state index contributed by atoms with van der Waals surface area (Å²) < 4.78 is 0. The zero-order valence-corrected chi connectivity index (χ0v) is 15.7. The number of hydrazine groups is 1. The van der Waals surface area contributed by atoms with Crippen LogP contribution in [-0.4, -0.2) is 27.7 Å². The van der Waals surface area contributed by atoms with Crippen molar-refractivity contribution in [2.24, 2.45) is 0 Å². The van der Waals surface area contributed by atoms with Crippen LogP contribution >= 0.6 is 11.8 Å². The minimum Gasteiger partial charge on any atom is -0.508 e. The number of hydrogen-bond acceptors (Lipinski definition) is 4. The van der Waals surface area contributed by atoms with Crippen molar-refractivity contribution in [1.82, 2.24) is 10.4 Å². The van der Waals surface area contributed by atoms with E-state index in [2.05, 4.69) is 12.3 Å². The molecule has 2 N–H and O–H groups in total. The highest BCUT2D eigenvalue weighted by atomic mass is 32.2. The van der Waals surface area contributed by atoms with E-state index < -0.39 is 0 Å². The zero-order chi connectivity index (χ0) is 18.1. The van der Waals surface area contributed by atoms with Gasteiger partial charge in [-0.15, -0.1) is 11.8 Å². The van der Waals surface area contributed by atoms with E-state index in [-0.39, 0.29) is 22.9 Å². The fourth-order valence-corrected chi connectivity index (χ4v) is 4.04. The Labute approximate surface area is 154 Å². The molecule has 0 saturated carbocycles. The second-order valence-electron chi connectivity index (χ2n) is 6.39. The summed E-state index contributed by atoms with van der Waals surface area (Å²) in [5.74, 6) is 0.175. The summed E-state index contributed by atoms with van der Waals surface area (Å²) >= 11 is 1.41. The van der Waals surface area contributed by atoms with Crippen LogP contribution in [0.25, 0.3) is 0 Å². The van der Waals surface area contributed by atoms with Crippen molar-refractivity contribution in [1.29, 1.82) is 0 Å². The summed E-state index contributed by atoms with van der Waals surface area (Å²) in [6.45, 7) is 2.20. The minimum absolute atomic E-state index is 0.133. The number of benzene rings is 1. The van der Waals surface area contributed by atoms with Crippen LogP contribution in [0, 0.1) is 0 Å². The molecule has 0 bridgehead atoms. The second-order valence-corrected chi connectivity index (χ2v) is 7.46. The highest BCUT2D eigenvalue weighted by Crippen LogP contribution is 2.40. The Bertz CT molecular complexity index is 580. The van der Waals surface area contributed by atoms with Gasteiger partial charge in [-0.2, -0.15) is 0 Å². The normalized spacial score (nSPS) is 17.1. The van der Waals surface area contributed by atoms with E-state index >= 15 is 0 Å². The van der Waals surface area contributed by atoms with Gasteiger partial charge in [-0.3, -0.25) is 15.0 Å². The molecule has 1 aliphatic rings. The van der Waals surface area contributed by atoms with Crippen molar-refractivity contribution >= 4 is 23.6 Å². The second kappa shape index (κ2) is 10.3. The Hall–Kier alpha value is -1.69. The van der Waals surface area contributed by atoms with E-state index in [1.165, 1.54) is 42.5 Å². The number of carbonyl (C=O) groups is 2. The average molecular weight is 365 g/mol. The first-order chi connectivity index (χ1) is 12.1. The minimum atomic E-state index is -0.369. The lowest BCUT2D eigenvalue weighted by Crippen LogP contribution is -2.44. The van der Waals surface area contributed by atoms with Crippen molar-refractivity contribution in [3.05, 3.63) is 29.8 Å². The van der Waals surface area contributed by atoms with Gasteiger partial charge in [0.1, 0.15) is 11.1 Å². The van der Waals surface area contributed by atoms with E-state index in [1.807, 2.05) is 6.07 Å². The first kappa shape index (κ1) is 19.6. The van der Waals surface area contributed by atoms with E-state index in [0.717, 1.165) is 19.3 Å². The van der Waals surface area contributed by atoms with Crippen molar-refractivity contribution in [2.75, 3.05) is 5.75 Å². The summed E-state index contributed by atoms with van der Waals surface area (Å²) in [6.07, 6.45) is 8.49. The number of para-hydroxylation sites is 1. The maximum atomic E-state index is 12.2. The first-order valence-corrected chi connectivity index (χ1v) is 10.2. The lowest BCUT2D eigenvalue weighted by Gasteiger charge is -2.25. The van der Waals surface area contributed by atoms with Gasteiger partial charge in [0, 0.05) is 12.0 Å². The van der Waals surface area contributed by atoms with E-state index in [0.29, 0.717) is 17.7 Å². The highest BCUT2D eigenvalue weighted by Gasteiger charge is 2.35. The molecule has 0 aliphatic carbocycles. The van der Waals surface area contributed by atoms with Crippen LogP contribution in [0.15, 0.2) is 24.3 Å². The number of unbranched alkanes of at least 4 members (excludes halogenated alkanes) is 6. The van der Waals surface area contributed by atoms with Crippen LogP contribution in [-0.2, 0) is 9.59 Å². The number of thioether (sulfide) groups is 1. The quantitative estimate of drug-likeness (QED) is 0.612. The summed E-state index contributed by atoms with van der Waals surface area (Å²) in [4.78, 5) is 24.3. The van der Waals surface area contributed by atoms with E-state index in [1.54, 1.807) is 18.2 Å². The van der Waals surface area contributed by atoms with Crippen LogP contribution in [0.4, 0.5) is 0 Å². The average Bonchev–Trinajstić information content (AvgIpc) is 2.95. The van der Waals surface area contributed by atoms with Crippen molar-refractivity contribution in [2.45, 2.75) is 63.7 Å². The van der Waals surface area contributed by atoms with Gasteiger partial charge in [0.25, 0.3) is 5.91 Å². The number of aromatic hydroxyl groups is 1. The third-order valence-corrected chi connectivity index (χ3v) is 5.52. The van der Waals surface area contributed by atoms with Gasteiger partial charge in [0.2, 0.25) is 5.91 Å². The number of nitrogens with zero attached hydrogens (tertiary/aromatic N) is 1. The molecule has 25 heavy (non-hydrogen) atoms. The van der Waals surface area contributed by atoms with Crippen LogP contribution in [0.5, 0.6) is 5.75 Å². The Balaban J connectivity index is 1.78. The molecule has 1 aromatic rings. The molecule has 0 spiro atoms. The van der Waals surface area contributed by atoms with Gasteiger partial charge in [-0.05, 0) is 12.5 Å². The Morgan fingerprint density at radius 1 is 1.20 bits per heavy atom. The number of carbonyl (C=O) groups excluding carboxylic acids is 2. The molecule has 0 radical (unpaired) electrons. The Morgan fingerprint density at radius 2 is 1.88 bits per heavy atom. The first-order valence-electron chi connectivity index (χ1n) is 9.14. The van der Waals surface area contributed by atoms with Crippen molar-refractivity contribution < 1.29 is 14.7 Å². The highest BCUT2D eigenvalue weighted by molar-refractivity contribution is 8.00. The van der Waals surface area contributed by atoms with E-state index in [9.17, 15) is 14.7 Å². The molecule has 6 heteroatoms. The molecule has 1 fully saturated rings. The third kappa shape index (κ3) is 5.96. The van der Waals surface area contributed by atoms with Gasteiger partial charge < -0.3 is 5.11 Å². The molecular formula is C19H28N2O3S. The molecule has 0 aromatic heterocycles. The topological polar surface area (TPSA) is 69.6 Å². The summed E-state index contributed by atoms with van der Waals surface area (Å²) in [6, 6.07) is 6.93. The molecule has 2 rings (SSSR count). The number of rotatable bonds is 10. The smallest absolute Gasteiger partial charge is 0.252 e. The van der Waals surface area contributed by atoms with Crippen molar-refractivity contribution in [3.63, 3.8) is 0 Å². The lowest BCUT2D eigenvalue weighted by molar-refractivity contribution is -0.139. The Kier molecular flexibility index (Phi) is 8.12. The van der Waals surface area contributed by atoms with Crippen molar-refractivity contribution in [3.8, 4) is 5.75 Å². The maximum absolute atomic E-state index is 12.2. The number of hydrogen-bond donors (Lipinski definition) is 2. The van der Waals surface area contributed by atoms with E-state index in [4.69, 9.17) is 0 Å². The SMILES string of the molecule is CCCCCCCCCC(=O)NN1C(=O)CSC1c1ccccc1O. The summed E-state index contributed by atoms with van der Waals surface area (Å²) in [7, 11) is 0. The molecular weight excluding hydrogens is 336 g/mol. The molecule has 5 nitrogen and oxygen atoms in total. The van der Waals surface area contributed by atoms with Crippen LogP contribution in [0.1, 0.15) is 69.2 Å². The molecule has 1 aliphatic heterocycles. The molecule has 1 atom stereocenters. The summed E-state index contributed by atoms with van der Waals surface area (Å²) in [5, 5.41) is 11.0. The fraction of sp³-hybridized carbons (Fsp3) is 0.579. The predicted molar refractivity (Wildman–Crippen MR) is 101 cm³/mol. The number of phenols is 1. The number of nitrogens with one attached hydrogen (secondary N) is 1. The standard InChI is InChI=1S/C19H28N2O3S/c1-2-3-4-5-6-7-8-13-17(23)20-21-18(24)14-25-19(21)15-11-9-10-12-16(15)22/h9-12,19,22H,2-8,13-14H2,1H3,(H,20,23). The zero-order valence-electron chi connectivity index (χ0n) is 14.9. The Morgan fingerprint density at radius 3 is 2.60 bits per heavy atom. The molecule has 2 amide bonds. The van der Waals surface area contributed by atoms with Gasteiger partial charge in [0.05, 0.1) is 5.75 Å². The maximum Gasteiger partial charge on any atom is 0.252 e. The number of amides is 2. The monoisotopic (exact) mass is 364 g/mol. The molecule has 1 saturated heterocycles. The van der Waals surface area contributed by atoms with Gasteiger partial charge in [-0.25, -0.2) is 5.01 Å². The van der Waals surface area contributed by atoms with Gasteiger partial charge in [0.15, 0.2) is 0 Å². The molecule has 1 aromatic carbocycles. The van der Waals surface area contributed by atoms with Gasteiger partial charge >= 0.3 is 0 Å². The summed E-state index contributed by atoms with van der Waals surface area (Å²) in [5.41, 5.74) is 3.38.